The monoisotopic (exact) mass is 509 g/mol. The topological polar surface area (TPSA) is 120 Å². The number of aromatic carboxylic acids is 1. The van der Waals surface area contributed by atoms with Crippen LogP contribution < -0.4 is 10.2 Å². The zero-order valence-corrected chi connectivity index (χ0v) is 22.2. The number of nitrogens with one attached hydrogen (secondary N) is 1. The van der Waals surface area contributed by atoms with Gasteiger partial charge in [-0.2, -0.15) is 10.4 Å². The molecule has 0 amide bonds. The molecule has 2 N–H and O–H groups in total. The van der Waals surface area contributed by atoms with Gasteiger partial charge in [-0.3, -0.25) is 0 Å². The van der Waals surface area contributed by atoms with Gasteiger partial charge in [0.05, 0.1) is 34.9 Å². The fourth-order valence-corrected chi connectivity index (χ4v) is 5.29. The van der Waals surface area contributed by atoms with Crippen LogP contribution in [0.5, 0.6) is 0 Å². The predicted octanol–water partition coefficient (Wildman–Crippen LogP) is 6.01. The lowest BCUT2D eigenvalue weighted by Crippen LogP contribution is -2.37. The molecule has 9 nitrogen and oxygen atoms in total. The van der Waals surface area contributed by atoms with Crippen LogP contribution >= 0.6 is 0 Å². The highest BCUT2D eigenvalue weighted by Crippen LogP contribution is 2.42. The summed E-state index contributed by atoms with van der Waals surface area (Å²) in [6.07, 6.45) is 2.64. The maximum absolute atomic E-state index is 11.8. The van der Waals surface area contributed by atoms with E-state index in [1.807, 2.05) is 41.6 Å². The highest BCUT2D eigenvalue weighted by molar-refractivity contribution is 5.94. The van der Waals surface area contributed by atoms with Crippen LogP contribution in [-0.4, -0.2) is 37.4 Å². The normalized spacial score (nSPS) is 16.1. The number of carboxylic acids is 1. The van der Waals surface area contributed by atoms with Gasteiger partial charge in [-0.05, 0) is 49.4 Å². The molecule has 2 atom stereocenters. The van der Waals surface area contributed by atoms with Crippen molar-refractivity contribution in [1.82, 2.24) is 19.7 Å². The van der Waals surface area contributed by atoms with Gasteiger partial charge in [0.15, 0.2) is 11.5 Å². The second kappa shape index (κ2) is 9.45. The first-order valence-electron chi connectivity index (χ1n) is 12.7. The Kier molecular flexibility index (Phi) is 6.27. The predicted molar refractivity (Wildman–Crippen MR) is 147 cm³/mol. The first kappa shape index (κ1) is 25.2. The number of hydrogen-bond donors (Lipinski definition) is 2. The van der Waals surface area contributed by atoms with Crippen LogP contribution in [0.3, 0.4) is 0 Å². The molecule has 3 heterocycles. The van der Waals surface area contributed by atoms with Gasteiger partial charge in [-0.1, -0.05) is 39.0 Å². The lowest BCUT2D eigenvalue weighted by molar-refractivity contribution is 0.0698. The average molecular weight is 510 g/mol. The van der Waals surface area contributed by atoms with Crippen molar-refractivity contribution in [3.8, 4) is 6.07 Å². The van der Waals surface area contributed by atoms with E-state index in [1.54, 1.807) is 30.5 Å². The van der Waals surface area contributed by atoms with Crippen molar-refractivity contribution in [2.24, 2.45) is 5.41 Å². The third-order valence-corrected chi connectivity index (χ3v) is 7.13. The molecule has 194 valence electrons. The number of aryl methyl sites for hydroxylation is 1. The molecule has 9 heteroatoms. The van der Waals surface area contributed by atoms with E-state index in [0.29, 0.717) is 29.1 Å². The number of nitriles is 1. The molecule has 0 spiro atoms. The first-order valence-corrected chi connectivity index (χ1v) is 12.7. The summed E-state index contributed by atoms with van der Waals surface area (Å²) in [5.41, 5.74) is 4.15. The third-order valence-electron chi connectivity index (χ3n) is 7.13. The van der Waals surface area contributed by atoms with Crippen LogP contribution in [-0.2, 0) is 0 Å². The summed E-state index contributed by atoms with van der Waals surface area (Å²) in [4.78, 5) is 23.6. The summed E-state index contributed by atoms with van der Waals surface area (Å²) in [6, 6.07) is 14.9. The van der Waals surface area contributed by atoms with E-state index < -0.39 is 5.97 Å². The summed E-state index contributed by atoms with van der Waals surface area (Å²) >= 11 is 0. The van der Waals surface area contributed by atoms with Crippen molar-refractivity contribution in [1.29, 1.82) is 5.26 Å². The van der Waals surface area contributed by atoms with Gasteiger partial charge in [0.2, 0.25) is 0 Å². The number of benzene rings is 2. The fourth-order valence-electron chi connectivity index (χ4n) is 5.29. The lowest BCUT2D eigenvalue weighted by Gasteiger charge is -2.39. The van der Waals surface area contributed by atoms with E-state index in [2.05, 4.69) is 37.3 Å². The Morgan fingerprint density at radius 1 is 1.21 bits per heavy atom. The number of carboxylic acid groups (broad SMARTS) is 1. The van der Waals surface area contributed by atoms with Crippen molar-refractivity contribution < 1.29 is 9.90 Å². The Hall–Kier alpha value is -4.45. The van der Waals surface area contributed by atoms with Gasteiger partial charge in [-0.25, -0.2) is 19.4 Å². The Bertz CT molecular complexity index is 1580. The molecular formula is C29H31N7O2. The Balaban J connectivity index is 1.62. The van der Waals surface area contributed by atoms with Gasteiger partial charge < -0.3 is 15.3 Å². The summed E-state index contributed by atoms with van der Waals surface area (Å²) in [7, 11) is 0. The molecule has 4 aromatic rings. The zero-order valence-electron chi connectivity index (χ0n) is 22.2. The first-order chi connectivity index (χ1) is 18.1. The number of carbonyl (C=O) groups is 1. The highest BCUT2D eigenvalue weighted by atomic mass is 16.4. The Labute approximate surface area is 221 Å². The van der Waals surface area contributed by atoms with Crippen molar-refractivity contribution in [2.45, 2.75) is 53.1 Å². The van der Waals surface area contributed by atoms with Crippen LogP contribution in [0.4, 0.5) is 17.3 Å². The zero-order chi connectivity index (χ0) is 27.2. The van der Waals surface area contributed by atoms with Gasteiger partial charge in [-0.15, -0.1) is 0 Å². The summed E-state index contributed by atoms with van der Waals surface area (Å²) < 4.78 is 2.03. The molecule has 0 aliphatic carbocycles. The van der Waals surface area contributed by atoms with Gasteiger partial charge >= 0.3 is 5.97 Å². The second-order valence-electron chi connectivity index (χ2n) is 10.9. The number of hydrogen-bond acceptors (Lipinski definition) is 7. The third kappa shape index (κ3) is 4.43. The number of para-hydroxylation sites is 1. The fraction of sp³-hybridized carbons (Fsp3) is 0.345. The van der Waals surface area contributed by atoms with Crippen LogP contribution in [0.2, 0.25) is 0 Å². The van der Waals surface area contributed by atoms with E-state index in [0.717, 1.165) is 23.4 Å². The van der Waals surface area contributed by atoms with E-state index in [1.165, 1.54) is 0 Å². The molecule has 5 rings (SSSR count). The Morgan fingerprint density at radius 3 is 2.68 bits per heavy atom. The van der Waals surface area contributed by atoms with Gasteiger partial charge in [0.1, 0.15) is 11.9 Å². The number of nitrogens with zero attached hydrogens (tertiary/aromatic N) is 6. The number of fused-ring (bicyclic) bond motifs is 2. The van der Waals surface area contributed by atoms with Gasteiger partial charge in [0, 0.05) is 23.9 Å². The highest BCUT2D eigenvalue weighted by Gasteiger charge is 2.35. The molecule has 0 saturated heterocycles. The molecule has 0 fully saturated rings. The van der Waals surface area contributed by atoms with Crippen LogP contribution in [0.1, 0.15) is 73.4 Å². The molecule has 0 saturated carbocycles. The smallest absolute Gasteiger partial charge is 0.337 e. The molecule has 1 unspecified atom stereocenters. The minimum atomic E-state index is -0.995. The summed E-state index contributed by atoms with van der Waals surface area (Å²) in [6.45, 7) is 11.3. The van der Waals surface area contributed by atoms with Crippen LogP contribution in [0, 0.1) is 23.7 Å². The molecule has 1 aliphatic rings. The van der Waals surface area contributed by atoms with Crippen LogP contribution in [0.15, 0.2) is 48.7 Å². The molecule has 0 radical (unpaired) electrons. The molecule has 0 bridgehead atoms. The maximum atomic E-state index is 11.8. The summed E-state index contributed by atoms with van der Waals surface area (Å²) in [5, 5.41) is 27.6. The van der Waals surface area contributed by atoms with E-state index in [9.17, 15) is 15.2 Å². The van der Waals surface area contributed by atoms with Crippen molar-refractivity contribution in [2.75, 3.05) is 16.8 Å². The van der Waals surface area contributed by atoms with Crippen molar-refractivity contribution in [3.63, 3.8) is 0 Å². The second-order valence-corrected chi connectivity index (χ2v) is 10.9. The van der Waals surface area contributed by atoms with E-state index in [4.69, 9.17) is 9.97 Å². The minimum absolute atomic E-state index is 0.0258. The molecule has 38 heavy (non-hydrogen) atoms. The van der Waals surface area contributed by atoms with E-state index >= 15 is 0 Å². The number of anilines is 3. The maximum Gasteiger partial charge on any atom is 0.337 e. The quantitative estimate of drug-likeness (QED) is 0.336. The number of aromatic nitrogens is 4. The molecule has 1 aliphatic heterocycles. The standard InChI is InChI=1S/C29H31N7O2/c1-17-14-20(18(2)32-21-9-7-6-8-19(21)28(37)38)26-22(15-17)33-23(16-30)27(34-26)35-13-11-24(29(3,4)5)36-25(35)10-12-31-36/h6-10,12,14-15,18,24,32H,11,13H2,1-5H3,(H,37,38)/t18-,24?/m1/s1. The average Bonchev–Trinajstić information content (AvgIpc) is 3.36. The minimum Gasteiger partial charge on any atom is -0.478 e. The van der Waals surface area contributed by atoms with Crippen molar-refractivity contribution >= 4 is 34.3 Å². The molecule has 2 aromatic heterocycles. The lowest BCUT2D eigenvalue weighted by atomic mass is 9.84. The van der Waals surface area contributed by atoms with Crippen LogP contribution in [0.25, 0.3) is 11.0 Å². The van der Waals surface area contributed by atoms with Gasteiger partial charge in [0.25, 0.3) is 0 Å². The van der Waals surface area contributed by atoms with E-state index in [-0.39, 0.29) is 28.8 Å². The molecule has 2 aromatic carbocycles. The summed E-state index contributed by atoms with van der Waals surface area (Å²) in [5.74, 6) is 0.388. The Morgan fingerprint density at radius 2 is 1.97 bits per heavy atom. The SMILES string of the molecule is Cc1cc([C@@H](C)Nc2ccccc2C(=O)O)c2nc(N3CCC(C(C)(C)C)n4nccc43)c(C#N)nc2c1. The molecular weight excluding hydrogens is 478 g/mol. The number of rotatable bonds is 5. The van der Waals surface area contributed by atoms with Crippen molar-refractivity contribution in [3.05, 3.63) is 71.0 Å². The largest absolute Gasteiger partial charge is 0.478 e.